The summed E-state index contributed by atoms with van der Waals surface area (Å²) in [5.74, 6) is -0.690. The van der Waals surface area contributed by atoms with Crippen LogP contribution in [0.4, 0.5) is 17.1 Å². The molecule has 9 nitrogen and oxygen atoms in total. The molecule has 0 saturated carbocycles. The first kappa shape index (κ1) is 22.6. The molecule has 0 spiro atoms. The summed E-state index contributed by atoms with van der Waals surface area (Å²) in [6.45, 7) is 0.818. The lowest BCUT2D eigenvalue weighted by molar-refractivity contribution is -0.114. The quantitative estimate of drug-likeness (QED) is 0.363. The van der Waals surface area contributed by atoms with Crippen LogP contribution >= 0.6 is 0 Å². The molecule has 1 heterocycles. The molecule has 2 aromatic carbocycles. The third-order valence-electron chi connectivity index (χ3n) is 4.32. The van der Waals surface area contributed by atoms with Crippen molar-refractivity contribution in [3.05, 3.63) is 78.3 Å². The maximum atomic E-state index is 12.3. The number of hydrogen-bond donors (Lipinski definition) is 4. The summed E-state index contributed by atoms with van der Waals surface area (Å²) < 4.78 is 9.98. The van der Waals surface area contributed by atoms with Crippen LogP contribution in [0.2, 0.25) is 0 Å². The minimum atomic E-state index is -0.365. The van der Waals surface area contributed by atoms with Crippen LogP contribution in [0, 0.1) is 0 Å². The molecule has 0 aliphatic carbocycles. The maximum absolute atomic E-state index is 12.3. The number of methoxy groups -OCH3 is 1. The molecule has 0 radical (unpaired) electrons. The van der Waals surface area contributed by atoms with Crippen LogP contribution in [-0.4, -0.2) is 44.5 Å². The summed E-state index contributed by atoms with van der Waals surface area (Å²) in [5, 5.41) is 11.2. The predicted octanol–water partition coefficient (Wildman–Crippen LogP) is 2.96. The first-order chi connectivity index (χ1) is 15.5. The normalized spacial score (nSPS) is 10.3. The Hall–Kier alpha value is -4.11. The highest BCUT2D eigenvalue weighted by Crippen LogP contribution is 2.16. The second kappa shape index (κ2) is 11.3. The van der Waals surface area contributed by atoms with Crippen LogP contribution in [0.5, 0.6) is 0 Å². The Morgan fingerprint density at radius 3 is 2.38 bits per heavy atom. The summed E-state index contributed by atoms with van der Waals surface area (Å²) in [6, 6.07) is 16.8. The summed E-state index contributed by atoms with van der Waals surface area (Å²) in [5.41, 5.74) is 2.16. The SMILES string of the molecule is COCCNC(=O)c1cccc(NC(=O)CNc2cccc(NC(=O)c3ccco3)c2)c1. The molecule has 4 N–H and O–H groups in total. The molecule has 32 heavy (non-hydrogen) atoms. The summed E-state index contributed by atoms with van der Waals surface area (Å²) in [6.07, 6.45) is 1.43. The van der Waals surface area contributed by atoms with Crippen molar-refractivity contribution in [3.63, 3.8) is 0 Å². The van der Waals surface area contributed by atoms with Gasteiger partial charge in [-0.15, -0.1) is 0 Å². The van der Waals surface area contributed by atoms with E-state index in [9.17, 15) is 14.4 Å². The third kappa shape index (κ3) is 6.71. The van der Waals surface area contributed by atoms with E-state index in [0.717, 1.165) is 0 Å². The first-order valence-corrected chi connectivity index (χ1v) is 9.91. The number of benzene rings is 2. The zero-order valence-corrected chi connectivity index (χ0v) is 17.5. The lowest BCUT2D eigenvalue weighted by Gasteiger charge is -2.11. The number of anilines is 3. The molecular formula is C23H24N4O5. The number of nitrogens with one attached hydrogen (secondary N) is 4. The number of ether oxygens (including phenoxy) is 1. The minimum absolute atomic E-state index is 0.000152. The van der Waals surface area contributed by atoms with Crippen molar-refractivity contribution in [1.29, 1.82) is 0 Å². The van der Waals surface area contributed by atoms with Crippen molar-refractivity contribution in [2.24, 2.45) is 0 Å². The van der Waals surface area contributed by atoms with Gasteiger partial charge in [-0.3, -0.25) is 14.4 Å². The average Bonchev–Trinajstić information content (AvgIpc) is 3.33. The van der Waals surface area contributed by atoms with Crippen molar-refractivity contribution >= 4 is 34.8 Å². The van der Waals surface area contributed by atoms with E-state index in [1.165, 1.54) is 6.26 Å². The van der Waals surface area contributed by atoms with Crippen molar-refractivity contribution in [2.45, 2.75) is 0 Å². The van der Waals surface area contributed by atoms with Gasteiger partial charge in [-0.1, -0.05) is 12.1 Å². The number of amides is 3. The van der Waals surface area contributed by atoms with E-state index < -0.39 is 0 Å². The third-order valence-corrected chi connectivity index (χ3v) is 4.32. The molecule has 3 aromatic rings. The Balaban J connectivity index is 1.51. The number of furan rings is 1. The molecule has 0 fully saturated rings. The highest BCUT2D eigenvalue weighted by atomic mass is 16.5. The molecule has 9 heteroatoms. The van der Waals surface area contributed by atoms with Gasteiger partial charge in [0.25, 0.3) is 11.8 Å². The second-order valence-corrected chi connectivity index (χ2v) is 6.74. The van der Waals surface area contributed by atoms with Crippen LogP contribution in [0.3, 0.4) is 0 Å². The average molecular weight is 436 g/mol. The Kier molecular flexibility index (Phi) is 7.99. The number of hydrogen-bond acceptors (Lipinski definition) is 6. The fourth-order valence-electron chi connectivity index (χ4n) is 2.80. The van der Waals surface area contributed by atoms with Gasteiger partial charge in [0.1, 0.15) is 0 Å². The lowest BCUT2D eigenvalue weighted by Crippen LogP contribution is -2.27. The fraction of sp³-hybridized carbons (Fsp3) is 0.174. The van der Waals surface area contributed by atoms with Gasteiger partial charge in [0.15, 0.2) is 5.76 Å². The topological polar surface area (TPSA) is 122 Å². The second-order valence-electron chi connectivity index (χ2n) is 6.74. The van der Waals surface area contributed by atoms with Gasteiger partial charge in [-0.05, 0) is 48.5 Å². The van der Waals surface area contributed by atoms with E-state index in [1.54, 1.807) is 67.8 Å². The summed E-state index contributed by atoms with van der Waals surface area (Å²) in [7, 11) is 1.56. The molecule has 0 saturated heterocycles. The molecule has 0 aliphatic heterocycles. The summed E-state index contributed by atoms with van der Waals surface area (Å²) in [4.78, 5) is 36.5. The van der Waals surface area contributed by atoms with Gasteiger partial charge >= 0.3 is 0 Å². The van der Waals surface area contributed by atoms with Crippen molar-refractivity contribution in [3.8, 4) is 0 Å². The van der Waals surface area contributed by atoms with E-state index in [1.807, 2.05) is 0 Å². The smallest absolute Gasteiger partial charge is 0.291 e. The molecule has 0 bridgehead atoms. The molecule has 3 rings (SSSR count). The fourth-order valence-corrected chi connectivity index (χ4v) is 2.80. The van der Waals surface area contributed by atoms with E-state index in [4.69, 9.17) is 9.15 Å². The molecule has 0 unspecified atom stereocenters. The van der Waals surface area contributed by atoms with Gasteiger partial charge in [0.05, 0.1) is 19.4 Å². The van der Waals surface area contributed by atoms with Gasteiger partial charge in [0.2, 0.25) is 5.91 Å². The Morgan fingerprint density at radius 2 is 1.62 bits per heavy atom. The first-order valence-electron chi connectivity index (χ1n) is 9.91. The molecule has 0 atom stereocenters. The van der Waals surface area contributed by atoms with Crippen molar-refractivity contribution in [1.82, 2.24) is 5.32 Å². The van der Waals surface area contributed by atoms with E-state index >= 15 is 0 Å². The highest BCUT2D eigenvalue weighted by Gasteiger charge is 2.10. The zero-order chi connectivity index (χ0) is 22.8. The number of carbonyl (C=O) groups excluding carboxylic acids is 3. The number of rotatable bonds is 10. The van der Waals surface area contributed by atoms with E-state index in [0.29, 0.717) is 35.8 Å². The van der Waals surface area contributed by atoms with Crippen LogP contribution in [0.25, 0.3) is 0 Å². The standard InChI is InChI=1S/C23H24N4O5/c1-31-12-10-24-22(29)16-5-2-7-18(13-16)26-21(28)15-25-17-6-3-8-19(14-17)27-23(30)20-9-4-11-32-20/h2-9,11,13-14,25H,10,12,15H2,1H3,(H,24,29)(H,26,28)(H,27,30). The van der Waals surface area contributed by atoms with Gasteiger partial charge < -0.3 is 30.4 Å². The number of carbonyl (C=O) groups is 3. The van der Waals surface area contributed by atoms with Gasteiger partial charge in [-0.25, -0.2) is 0 Å². The van der Waals surface area contributed by atoms with Crippen molar-refractivity contribution in [2.75, 3.05) is 42.8 Å². The predicted molar refractivity (Wildman–Crippen MR) is 121 cm³/mol. The van der Waals surface area contributed by atoms with Crippen LogP contribution in [-0.2, 0) is 9.53 Å². The minimum Gasteiger partial charge on any atom is -0.459 e. The van der Waals surface area contributed by atoms with E-state index in [2.05, 4.69) is 21.3 Å². The van der Waals surface area contributed by atoms with Crippen LogP contribution < -0.4 is 21.3 Å². The molecule has 3 amide bonds. The molecule has 1 aromatic heterocycles. The molecule has 0 aliphatic rings. The van der Waals surface area contributed by atoms with Crippen molar-refractivity contribution < 1.29 is 23.5 Å². The lowest BCUT2D eigenvalue weighted by atomic mass is 10.2. The Labute approximate surface area is 185 Å². The zero-order valence-electron chi connectivity index (χ0n) is 17.5. The van der Waals surface area contributed by atoms with Crippen LogP contribution in [0.1, 0.15) is 20.9 Å². The van der Waals surface area contributed by atoms with Gasteiger partial charge in [-0.2, -0.15) is 0 Å². The van der Waals surface area contributed by atoms with Crippen LogP contribution in [0.15, 0.2) is 71.3 Å². The highest BCUT2D eigenvalue weighted by molar-refractivity contribution is 6.02. The molecule has 166 valence electrons. The maximum Gasteiger partial charge on any atom is 0.291 e. The Morgan fingerprint density at radius 1 is 0.875 bits per heavy atom. The molecular weight excluding hydrogens is 412 g/mol. The summed E-state index contributed by atoms with van der Waals surface area (Å²) >= 11 is 0. The monoisotopic (exact) mass is 436 g/mol. The Bertz CT molecular complexity index is 1070. The largest absolute Gasteiger partial charge is 0.459 e. The van der Waals surface area contributed by atoms with Gasteiger partial charge in [0, 0.05) is 36.3 Å². The van der Waals surface area contributed by atoms with E-state index in [-0.39, 0.29) is 30.0 Å².